The zero-order chi connectivity index (χ0) is 12.1. The predicted octanol–water partition coefficient (Wildman–Crippen LogP) is 3.07. The minimum atomic E-state index is 0.428. The molecule has 1 saturated heterocycles. The third-order valence-electron chi connectivity index (χ3n) is 3.54. The Labute approximate surface area is 104 Å². The fourth-order valence-corrected chi connectivity index (χ4v) is 2.28. The van der Waals surface area contributed by atoms with Gasteiger partial charge in [-0.1, -0.05) is 29.8 Å². The van der Waals surface area contributed by atoms with Crippen molar-refractivity contribution in [1.82, 2.24) is 5.32 Å². The first-order chi connectivity index (χ1) is 8.25. The van der Waals surface area contributed by atoms with E-state index in [9.17, 15) is 0 Å². The number of aryl methyl sites for hydroxylation is 1. The van der Waals surface area contributed by atoms with Gasteiger partial charge in [0.25, 0.3) is 0 Å². The molecule has 0 spiro atoms. The van der Waals surface area contributed by atoms with Crippen molar-refractivity contribution in [3.63, 3.8) is 0 Å². The van der Waals surface area contributed by atoms with Gasteiger partial charge in [0, 0.05) is 19.2 Å². The molecule has 1 aliphatic rings. The summed E-state index contributed by atoms with van der Waals surface area (Å²) < 4.78 is 5.50. The van der Waals surface area contributed by atoms with Crippen LogP contribution in [0.4, 0.5) is 0 Å². The topological polar surface area (TPSA) is 21.3 Å². The lowest BCUT2D eigenvalue weighted by atomic mass is 10.0. The van der Waals surface area contributed by atoms with Crippen LogP contribution in [0.3, 0.4) is 0 Å². The van der Waals surface area contributed by atoms with Crippen LogP contribution in [-0.4, -0.2) is 19.8 Å². The van der Waals surface area contributed by atoms with E-state index < -0.39 is 0 Å². The zero-order valence-electron chi connectivity index (χ0n) is 10.9. The quantitative estimate of drug-likeness (QED) is 0.863. The number of hydrogen-bond acceptors (Lipinski definition) is 2. The molecule has 2 atom stereocenters. The Morgan fingerprint density at radius 3 is 2.76 bits per heavy atom. The number of ether oxygens (including phenoxy) is 1. The molecule has 94 valence electrons. The Bertz CT molecular complexity index is 327. The van der Waals surface area contributed by atoms with E-state index >= 15 is 0 Å². The maximum atomic E-state index is 5.50. The smallest absolute Gasteiger partial charge is 0.0506 e. The maximum Gasteiger partial charge on any atom is 0.0506 e. The zero-order valence-corrected chi connectivity index (χ0v) is 10.9. The van der Waals surface area contributed by atoms with Gasteiger partial charge in [0.2, 0.25) is 0 Å². The largest absolute Gasteiger partial charge is 0.381 e. The van der Waals surface area contributed by atoms with Crippen LogP contribution in [0.5, 0.6) is 0 Å². The van der Waals surface area contributed by atoms with Gasteiger partial charge in [0.1, 0.15) is 0 Å². The van der Waals surface area contributed by atoms with E-state index in [0.29, 0.717) is 12.0 Å². The molecule has 0 amide bonds. The molecule has 0 bridgehead atoms. The minimum absolute atomic E-state index is 0.428. The molecule has 2 heteroatoms. The van der Waals surface area contributed by atoms with Gasteiger partial charge in [0.05, 0.1) is 6.61 Å². The first-order valence-corrected chi connectivity index (χ1v) is 6.63. The summed E-state index contributed by atoms with van der Waals surface area (Å²) in [5.74, 6) is 0.691. The summed E-state index contributed by atoms with van der Waals surface area (Å²) in [6.45, 7) is 7.29. The Morgan fingerprint density at radius 1 is 1.35 bits per heavy atom. The van der Waals surface area contributed by atoms with E-state index in [0.717, 1.165) is 19.8 Å². The highest BCUT2D eigenvalue weighted by molar-refractivity contribution is 5.23. The van der Waals surface area contributed by atoms with Gasteiger partial charge in [-0.25, -0.2) is 0 Å². The van der Waals surface area contributed by atoms with Crippen LogP contribution < -0.4 is 5.32 Å². The van der Waals surface area contributed by atoms with Crippen LogP contribution in [0.25, 0.3) is 0 Å². The monoisotopic (exact) mass is 233 g/mol. The number of nitrogens with one attached hydrogen (secondary N) is 1. The van der Waals surface area contributed by atoms with E-state index in [1.54, 1.807) is 0 Å². The molecule has 0 aliphatic carbocycles. The number of hydrogen-bond donors (Lipinski definition) is 1. The van der Waals surface area contributed by atoms with E-state index in [-0.39, 0.29) is 0 Å². The molecule has 1 aliphatic heterocycles. The van der Waals surface area contributed by atoms with Crippen LogP contribution >= 0.6 is 0 Å². The molecular formula is C15H23NO. The van der Waals surface area contributed by atoms with Crippen LogP contribution in [0.2, 0.25) is 0 Å². The summed E-state index contributed by atoms with van der Waals surface area (Å²) >= 11 is 0. The molecule has 2 rings (SSSR count). The molecule has 0 radical (unpaired) electrons. The molecule has 1 N–H and O–H groups in total. The second-order valence-electron chi connectivity index (χ2n) is 5.12. The Morgan fingerprint density at radius 2 is 2.12 bits per heavy atom. The first-order valence-electron chi connectivity index (χ1n) is 6.63. The van der Waals surface area contributed by atoms with Crippen LogP contribution in [0.1, 0.15) is 36.9 Å². The highest BCUT2D eigenvalue weighted by atomic mass is 16.5. The molecular weight excluding hydrogens is 210 g/mol. The fourth-order valence-electron chi connectivity index (χ4n) is 2.28. The van der Waals surface area contributed by atoms with E-state index in [2.05, 4.69) is 43.4 Å². The number of rotatable bonds is 4. The van der Waals surface area contributed by atoms with Gasteiger partial charge in [-0.15, -0.1) is 0 Å². The second kappa shape index (κ2) is 6.18. The number of benzene rings is 1. The summed E-state index contributed by atoms with van der Waals surface area (Å²) in [6, 6.07) is 9.21. The van der Waals surface area contributed by atoms with E-state index in [1.807, 2.05) is 0 Å². The van der Waals surface area contributed by atoms with Crippen molar-refractivity contribution in [1.29, 1.82) is 0 Å². The van der Waals surface area contributed by atoms with Crippen LogP contribution in [-0.2, 0) is 4.74 Å². The summed E-state index contributed by atoms with van der Waals surface area (Å²) in [7, 11) is 0. The van der Waals surface area contributed by atoms with E-state index in [4.69, 9.17) is 4.74 Å². The van der Waals surface area contributed by atoms with Crippen molar-refractivity contribution in [2.45, 2.75) is 32.7 Å². The SMILES string of the molecule is Cc1ccc([C@@H](C)NCC2CCCOC2)cc1. The second-order valence-corrected chi connectivity index (χ2v) is 5.12. The van der Waals surface area contributed by atoms with Crippen molar-refractivity contribution < 1.29 is 4.74 Å². The standard InChI is InChI=1S/C15H23NO/c1-12-5-7-15(8-6-12)13(2)16-10-14-4-3-9-17-11-14/h5-8,13-14,16H,3-4,9-11H2,1-2H3/t13-,14?/m1/s1. The van der Waals surface area contributed by atoms with Gasteiger partial charge in [0.15, 0.2) is 0 Å². The predicted molar refractivity (Wildman–Crippen MR) is 71.1 cm³/mol. The van der Waals surface area contributed by atoms with Gasteiger partial charge < -0.3 is 10.1 Å². The molecule has 17 heavy (non-hydrogen) atoms. The summed E-state index contributed by atoms with van der Waals surface area (Å²) in [4.78, 5) is 0. The van der Waals surface area contributed by atoms with Crippen molar-refractivity contribution in [2.75, 3.05) is 19.8 Å². The van der Waals surface area contributed by atoms with Gasteiger partial charge in [-0.3, -0.25) is 0 Å². The highest BCUT2D eigenvalue weighted by Gasteiger charge is 2.14. The lowest BCUT2D eigenvalue weighted by molar-refractivity contribution is 0.0540. The molecule has 1 unspecified atom stereocenters. The molecule has 0 aromatic heterocycles. The molecule has 2 nitrogen and oxygen atoms in total. The third kappa shape index (κ3) is 3.83. The first kappa shape index (κ1) is 12.6. The van der Waals surface area contributed by atoms with Gasteiger partial charge in [-0.05, 0) is 38.2 Å². The van der Waals surface area contributed by atoms with Crippen molar-refractivity contribution in [3.8, 4) is 0 Å². The molecule has 1 heterocycles. The van der Waals surface area contributed by atoms with Crippen LogP contribution in [0, 0.1) is 12.8 Å². The lowest BCUT2D eigenvalue weighted by Gasteiger charge is -2.24. The van der Waals surface area contributed by atoms with Gasteiger partial charge >= 0.3 is 0 Å². The Hall–Kier alpha value is -0.860. The highest BCUT2D eigenvalue weighted by Crippen LogP contribution is 2.16. The lowest BCUT2D eigenvalue weighted by Crippen LogP contribution is -2.30. The average molecular weight is 233 g/mol. The van der Waals surface area contributed by atoms with E-state index in [1.165, 1.54) is 24.0 Å². The maximum absolute atomic E-state index is 5.50. The molecule has 1 aromatic carbocycles. The van der Waals surface area contributed by atoms with Gasteiger partial charge in [-0.2, -0.15) is 0 Å². The van der Waals surface area contributed by atoms with Crippen molar-refractivity contribution >= 4 is 0 Å². The van der Waals surface area contributed by atoms with Crippen molar-refractivity contribution in [2.24, 2.45) is 5.92 Å². The normalized spacial score (nSPS) is 22.4. The van der Waals surface area contributed by atoms with Crippen molar-refractivity contribution in [3.05, 3.63) is 35.4 Å². The minimum Gasteiger partial charge on any atom is -0.381 e. The Balaban J connectivity index is 1.80. The molecule has 1 fully saturated rings. The summed E-state index contributed by atoms with van der Waals surface area (Å²) in [5, 5.41) is 3.61. The van der Waals surface area contributed by atoms with Crippen LogP contribution in [0.15, 0.2) is 24.3 Å². The average Bonchev–Trinajstić information content (AvgIpc) is 2.38. The summed E-state index contributed by atoms with van der Waals surface area (Å²) in [5.41, 5.74) is 2.69. The molecule has 1 aromatic rings. The summed E-state index contributed by atoms with van der Waals surface area (Å²) in [6.07, 6.45) is 2.51. The Kier molecular flexibility index (Phi) is 4.57. The third-order valence-corrected chi connectivity index (χ3v) is 3.54. The fraction of sp³-hybridized carbons (Fsp3) is 0.600. The molecule has 0 saturated carbocycles.